The molecule has 0 unspecified atom stereocenters. The second kappa shape index (κ2) is 5.81. The lowest BCUT2D eigenvalue weighted by Crippen LogP contribution is -2.17. The number of benzene rings is 1. The number of hydrogen-bond donors (Lipinski definition) is 1. The van der Waals surface area contributed by atoms with Crippen molar-refractivity contribution < 1.29 is 13.3 Å². The SMILES string of the molecule is CCS(=O)(=O)CCNc1cccc(C)c1[N+](=O)[O-]. The van der Waals surface area contributed by atoms with E-state index in [1.165, 1.54) is 0 Å². The minimum atomic E-state index is -3.07. The molecule has 1 N–H and O–H groups in total. The Morgan fingerprint density at radius 1 is 1.39 bits per heavy atom. The van der Waals surface area contributed by atoms with Gasteiger partial charge in [0.25, 0.3) is 5.69 Å². The van der Waals surface area contributed by atoms with Crippen LogP contribution in [-0.2, 0) is 9.84 Å². The van der Waals surface area contributed by atoms with Gasteiger partial charge in [0.1, 0.15) is 5.69 Å². The van der Waals surface area contributed by atoms with Crippen molar-refractivity contribution in [3.63, 3.8) is 0 Å². The first-order valence-electron chi connectivity index (χ1n) is 5.55. The highest BCUT2D eigenvalue weighted by Crippen LogP contribution is 2.27. The number of nitro benzene ring substituents is 1. The molecule has 0 aromatic heterocycles. The molecule has 100 valence electrons. The van der Waals surface area contributed by atoms with Gasteiger partial charge in [-0.3, -0.25) is 10.1 Å². The zero-order valence-corrected chi connectivity index (χ0v) is 11.2. The number of nitro groups is 1. The highest BCUT2D eigenvalue weighted by atomic mass is 32.2. The smallest absolute Gasteiger partial charge is 0.295 e. The van der Waals surface area contributed by atoms with Gasteiger partial charge in [0.2, 0.25) is 0 Å². The molecule has 0 aliphatic rings. The van der Waals surface area contributed by atoms with E-state index in [-0.39, 0.29) is 23.7 Å². The van der Waals surface area contributed by atoms with Crippen LogP contribution in [-0.4, -0.2) is 31.4 Å². The average molecular weight is 272 g/mol. The summed E-state index contributed by atoms with van der Waals surface area (Å²) in [6, 6.07) is 4.91. The Hall–Kier alpha value is -1.63. The maximum Gasteiger partial charge on any atom is 0.295 e. The number of sulfone groups is 1. The molecule has 1 aromatic rings. The van der Waals surface area contributed by atoms with Gasteiger partial charge < -0.3 is 5.32 Å². The van der Waals surface area contributed by atoms with E-state index in [0.717, 1.165) is 0 Å². The average Bonchev–Trinajstić information content (AvgIpc) is 2.28. The number of rotatable bonds is 6. The maximum absolute atomic E-state index is 11.3. The van der Waals surface area contributed by atoms with Gasteiger partial charge >= 0.3 is 0 Å². The van der Waals surface area contributed by atoms with Crippen LogP contribution in [0.15, 0.2) is 18.2 Å². The molecule has 0 bridgehead atoms. The maximum atomic E-state index is 11.3. The number of anilines is 1. The summed E-state index contributed by atoms with van der Waals surface area (Å²) in [6.07, 6.45) is 0. The Morgan fingerprint density at radius 2 is 2.06 bits per heavy atom. The Kier molecular flexibility index (Phi) is 4.66. The Bertz CT molecular complexity index is 540. The van der Waals surface area contributed by atoms with Crippen molar-refractivity contribution in [2.24, 2.45) is 0 Å². The summed E-state index contributed by atoms with van der Waals surface area (Å²) in [6.45, 7) is 3.39. The van der Waals surface area contributed by atoms with E-state index in [1.54, 1.807) is 32.0 Å². The van der Waals surface area contributed by atoms with E-state index in [2.05, 4.69) is 5.32 Å². The molecular formula is C11H16N2O4S. The fraction of sp³-hybridized carbons (Fsp3) is 0.455. The van der Waals surface area contributed by atoms with Gasteiger partial charge in [-0.25, -0.2) is 8.42 Å². The summed E-state index contributed by atoms with van der Waals surface area (Å²) < 4.78 is 22.6. The third-order valence-electron chi connectivity index (χ3n) is 2.59. The van der Waals surface area contributed by atoms with Crippen molar-refractivity contribution in [3.8, 4) is 0 Å². The summed E-state index contributed by atoms with van der Waals surface area (Å²) in [4.78, 5) is 10.4. The second-order valence-electron chi connectivity index (χ2n) is 3.89. The number of hydrogen-bond acceptors (Lipinski definition) is 5. The Morgan fingerprint density at radius 3 is 2.61 bits per heavy atom. The van der Waals surface area contributed by atoms with Crippen LogP contribution in [0.25, 0.3) is 0 Å². The summed E-state index contributed by atoms with van der Waals surface area (Å²) in [5.41, 5.74) is 0.890. The Labute approximate surface area is 106 Å². The van der Waals surface area contributed by atoms with E-state index in [9.17, 15) is 18.5 Å². The first kappa shape index (κ1) is 14.4. The normalized spacial score (nSPS) is 11.2. The molecule has 0 saturated heterocycles. The monoisotopic (exact) mass is 272 g/mol. The predicted octanol–water partition coefficient (Wildman–Crippen LogP) is 1.75. The molecule has 1 rings (SSSR count). The van der Waals surface area contributed by atoms with E-state index in [4.69, 9.17) is 0 Å². The molecule has 0 heterocycles. The molecule has 0 atom stereocenters. The largest absolute Gasteiger partial charge is 0.378 e. The number of nitrogens with one attached hydrogen (secondary N) is 1. The van der Waals surface area contributed by atoms with Crippen LogP contribution in [0.4, 0.5) is 11.4 Å². The van der Waals surface area contributed by atoms with Crippen LogP contribution in [0.5, 0.6) is 0 Å². The number of para-hydroxylation sites is 1. The van der Waals surface area contributed by atoms with Crippen LogP contribution in [0.2, 0.25) is 0 Å². The molecule has 0 spiro atoms. The van der Waals surface area contributed by atoms with Crippen LogP contribution in [0.1, 0.15) is 12.5 Å². The van der Waals surface area contributed by atoms with E-state index in [1.807, 2.05) is 0 Å². The van der Waals surface area contributed by atoms with Crippen molar-refractivity contribution >= 4 is 21.2 Å². The van der Waals surface area contributed by atoms with Crippen LogP contribution >= 0.6 is 0 Å². The van der Waals surface area contributed by atoms with Crippen molar-refractivity contribution in [2.75, 3.05) is 23.4 Å². The minimum absolute atomic E-state index is 0.00797. The van der Waals surface area contributed by atoms with Crippen LogP contribution in [0.3, 0.4) is 0 Å². The lowest BCUT2D eigenvalue weighted by atomic mass is 10.1. The first-order valence-corrected chi connectivity index (χ1v) is 7.38. The lowest BCUT2D eigenvalue weighted by molar-refractivity contribution is -0.384. The Balaban J connectivity index is 2.80. The van der Waals surface area contributed by atoms with Crippen molar-refractivity contribution in [2.45, 2.75) is 13.8 Å². The third-order valence-corrected chi connectivity index (χ3v) is 4.29. The van der Waals surface area contributed by atoms with Gasteiger partial charge in [0.05, 0.1) is 10.7 Å². The molecule has 0 aliphatic heterocycles. The van der Waals surface area contributed by atoms with Gasteiger partial charge in [0, 0.05) is 17.9 Å². The molecule has 6 nitrogen and oxygen atoms in total. The van der Waals surface area contributed by atoms with Crippen molar-refractivity contribution in [1.82, 2.24) is 0 Å². The van der Waals surface area contributed by atoms with Gasteiger partial charge in [-0.2, -0.15) is 0 Å². The molecule has 0 saturated carbocycles. The zero-order valence-electron chi connectivity index (χ0n) is 10.3. The predicted molar refractivity (Wildman–Crippen MR) is 70.7 cm³/mol. The van der Waals surface area contributed by atoms with Gasteiger partial charge in [-0.15, -0.1) is 0 Å². The van der Waals surface area contributed by atoms with E-state index < -0.39 is 14.8 Å². The summed E-state index contributed by atoms with van der Waals surface area (Å²) in [5.74, 6) is 0.0409. The van der Waals surface area contributed by atoms with Crippen molar-refractivity contribution in [3.05, 3.63) is 33.9 Å². The number of aryl methyl sites for hydroxylation is 1. The van der Waals surface area contributed by atoms with E-state index >= 15 is 0 Å². The molecule has 18 heavy (non-hydrogen) atoms. The third kappa shape index (κ3) is 3.69. The quantitative estimate of drug-likeness (QED) is 0.629. The van der Waals surface area contributed by atoms with Gasteiger partial charge in [0.15, 0.2) is 9.84 Å². The minimum Gasteiger partial charge on any atom is -0.378 e. The highest BCUT2D eigenvalue weighted by Gasteiger charge is 2.16. The molecule has 0 radical (unpaired) electrons. The zero-order chi connectivity index (χ0) is 13.8. The fourth-order valence-corrected chi connectivity index (χ4v) is 2.23. The van der Waals surface area contributed by atoms with Crippen LogP contribution < -0.4 is 5.32 Å². The van der Waals surface area contributed by atoms with Gasteiger partial charge in [-0.05, 0) is 13.0 Å². The molecule has 0 amide bonds. The molecule has 0 aliphatic carbocycles. The summed E-state index contributed by atoms with van der Waals surface area (Å²) in [5, 5.41) is 13.7. The second-order valence-corrected chi connectivity index (χ2v) is 6.36. The van der Waals surface area contributed by atoms with Crippen LogP contribution in [0, 0.1) is 17.0 Å². The summed E-state index contributed by atoms with van der Waals surface area (Å²) >= 11 is 0. The molecular weight excluding hydrogens is 256 g/mol. The van der Waals surface area contributed by atoms with Crippen molar-refractivity contribution in [1.29, 1.82) is 0 Å². The highest BCUT2D eigenvalue weighted by molar-refractivity contribution is 7.91. The standard InChI is InChI=1S/C11H16N2O4S/c1-3-18(16,17)8-7-12-10-6-4-5-9(2)11(10)13(14)15/h4-6,12H,3,7-8H2,1-2H3. The molecule has 7 heteroatoms. The lowest BCUT2D eigenvalue weighted by Gasteiger charge is -2.08. The number of nitrogens with zero attached hydrogens (tertiary/aromatic N) is 1. The van der Waals surface area contributed by atoms with Gasteiger partial charge in [-0.1, -0.05) is 19.1 Å². The molecule has 0 fully saturated rings. The first-order chi connectivity index (χ1) is 8.37. The topological polar surface area (TPSA) is 89.3 Å². The van der Waals surface area contributed by atoms with E-state index in [0.29, 0.717) is 11.3 Å². The fourth-order valence-electron chi connectivity index (χ4n) is 1.53. The summed E-state index contributed by atoms with van der Waals surface area (Å²) in [7, 11) is -3.07. The molecule has 1 aromatic carbocycles.